The molecule has 2 heterocycles. The Bertz CT molecular complexity index is 1010. The number of rotatable bonds is 10. The van der Waals surface area contributed by atoms with E-state index < -0.39 is 41.1 Å². The number of Topliss-reactive ketones (excluding diaryl/α,β-unsaturated/α-hetero) is 1. The number of fused-ring (bicyclic) bond motifs is 1. The zero-order valence-corrected chi connectivity index (χ0v) is 18.8. The highest BCUT2D eigenvalue weighted by atomic mass is 19.1. The summed E-state index contributed by atoms with van der Waals surface area (Å²) < 4.78 is 14.0. The molecule has 0 bridgehead atoms. The Morgan fingerprint density at radius 3 is 2.52 bits per heavy atom. The van der Waals surface area contributed by atoms with Gasteiger partial charge in [0.15, 0.2) is 23.1 Å². The Morgan fingerprint density at radius 1 is 1.27 bits per heavy atom. The number of halogens is 1. The minimum atomic E-state index is -1.19. The fraction of sp³-hybridized carbons (Fsp3) is 0.522. The highest BCUT2D eigenvalue weighted by molar-refractivity contribution is 6.00. The van der Waals surface area contributed by atoms with E-state index in [1.54, 1.807) is 0 Å². The van der Waals surface area contributed by atoms with Crippen molar-refractivity contribution < 1.29 is 39.2 Å². The van der Waals surface area contributed by atoms with Crippen LogP contribution < -0.4 is 0 Å². The second-order valence-corrected chi connectivity index (χ2v) is 8.62. The number of phenolic OH excluding ortho intramolecular Hbond substituents is 2. The van der Waals surface area contributed by atoms with Gasteiger partial charge in [-0.3, -0.25) is 14.5 Å². The van der Waals surface area contributed by atoms with E-state index in [2.05, 4.69) is 0 Å². The molecule has 0 aliphatic carbocycles. The number of β-lactam (4-membered cyclic amide) rings is 1. The van der Waals surface area contributed by atoms with Gasteiger partial charge in [-0.2, -0.15) is 0 Å². The average Bonchev–Trinajstić information content (AvgIpc) is 2.99. The van der Waals surface area contributed by atoms with E-state index in [0.29, 0.717) is 25.1 Å². The standard InChI is InChI=1S/C23H29FN2O7/c1-4-25(9-5-6-15(28)13-7-8-16(29)21(30)18(13)24)10-14-11(2)19-17(12(3)27)22(31)26(19)20(14)23(32)33/h7-8,11-12,17,19,27,29-30H,4-6,9-10H2,1-3H3,(H,32,33)/t11-,12+,17+,19+/m0/s1. The van der Waals surface area contributed by atoms with E-state index in [4.69, 9.17) is 0 Å². The molecule has 3 rings (SSSR count). The van der Waals surface area contributed by atoms with E-state index in [1.807, 2.05) is 18.7 Å². The van der Waals surface area contributed by atoms with Gasteiger partial charge in [-0.25, -0.2) is 9.18 Å². The molecule has 2 aliphatic heterocycles. The van der Waals surface area contributed by atoms with Gasteiger partial charge in [0.2, 0.25) is 5.91 Å². The van der Waals surface area contributed by atoms with Crippen LogP contribution in [0, 0.1) is 17.7 Å². The summed E-state index contributed by atoms with van der Waals surface area (Å²) in [7, 11) is 0. The maximum absolute atomic E-state index is 14.0. The summed E-state index contributed by atoms with van der Waals surface area (Å²) in [6, 6.07) is 1.79. The smallest absolute Gasteiger partial charge is 0.352 e. The van der Waals surface area contributed by atoms with Crippen molar-refractivity contribution >= 4 is 17.7 Å². The summed E-state index contributed by atoms with van der Waals surface area (Å²) >= 11 is 0. The number of carboxylic acids is 1. The van der Waals surface area contributed by atoms with Crippen molar-refractivity contribution in [2.75, 3.05) is 19.6 Å². The van der Waals surface area contributed by atoms with Crippen LogP contribution in [-0.2, 0) is 9.59 Å². The average molecular weight is 464 g/mol. The Hall–Kier alpha value is -2.98. The number of hydrogen-bond donors (Lipinski definition) is 4. The molecule has 10 heteroatoms. The topological polar surface area (TPSA) is 139 Å². The number of phenols is 2. The minimum absolute atomic E-state index is 0.00460. The highest BCUT2D eigenvalue weighted by Crippen LogP contribution is 2.47. The zero-order valence-electron chi connectivity index (χ0n) is 18.8. The van der Waals surface area contributed by atoms with Crippen LogP contribution >= 0.6 is 0 Å². The molecular formula is C23H29FN2O7. The molecule has 2 aliphatic rings. The molecule has 0 unspecified atom stereocenters. The molecular weight excluding hydrogens is 435 g/mol. The molecule has 1 aromatic carbocycles. The van der Waals surface area contributed by atoms with Gasteiger partial charge >= 0.3 is 5.97 Å². The van der Waals surface area contributed by atoms with Crippen molar-refractivity contribution in [3.8, 4) is 11.5 Å². The number of carboxylic acid groups (broad SMARTS) is 1. The van der Waals surface area contributed by atoms with E-state index in [9.17, 15) is 39.2 Å². The second-order valence-electron chi connectivity index (χ2n) is 8.62. The fourth-order valence-electron chi connectivity index (χ4n) is 4.81. The van der Waals surface area contributed by atoms with Gasteiger partial charge in [0.25, 0.3) is 0 Å². The molecule has 0 radical (unpaired) electrons. The van der Waals surface area contributed by atoms with E-state index in [1.165, 1.54) is 11.8 Å². The molecule has 1 fully saturated rings. The normalized spacial score (nSPS) is 23.0. The molecule has 180 valence electrons. The molecule has 33 heavy (non-hydrogen) atoms. The summed E-state index contributed by atoms with van der Waals surface area (Å²) in [5.74, 6) is -5.73. The number of benzene rings is 1. The lowest BCUT2D eigenvalue weighted by molar-refractivity contribution is -0.163. The zero-order chi connectivity index (χ0) is 24.6. The second kappa shape index (κ2) is 9.48. The maximum atomic E-state index is 14.0. The van der Waals surface area contributed by atoms with Crippen LogP contribution in [0.2, 0.25) is 0 Å². The van der Waals surface area contributed by atoms with Gasteiger partial charge in [-0.05, 0) is 44.1 Å². The maximum Gasteiger partial charge on any atom is 0.352 e. The SMILES string of the molecule is CCN(CCCC(=O)c1ccc(O)c(O)c1F)CC1=C(C(=O)O)N2C(=O)[C@H]([C@@H](C)O)[C@H]2[C@H]1C. The van der Waals surface area contributed by atoms with Crippen molar-refractivity contribution in [2.24, 2.45) is 11.8 Å². The summed E-state index contributed by atoms with van der Waals surface area (Å²) in [5, 5.41) is 38.5. The van der Waals surface area contributed by atoms with Crippen LogP contribution in [0.3, 0.4) is 0 Å². The molecule has 1 amide bonds. The Labute approximate surface area is 190 Å². The number of likely N-dealkylation sites (N-methyl/N-ethyl adjacent to an activating group) is 1. The monoisotopic (exact) mass is 464 g/mol. The molecule has 0 saturated carbocycles. The Morgan fingerprint density at radius 2 is 1.94 bits per heavy atom. The third kappa shape index (κ3) is 4.32. The van der Waals surface area contributed by atoms with Gasteiger partial charge in [-0.15, -0.1) is 0 Å². The largest absolute Gasteiger partial charge is 0.504 e. The Kier molecular flexibility index (Phi) is 7.08. The van der Waals surface area contributed by atoms with Gasteiger partial charge in [-0.1, -0.05) is 13.8 Å². The number of hydrogen-bond acceptors (Lipinski definition) is 7. The third-order valence-corrected chi connectivity index (χ3v) is 6.63. The van der Waals surface area contributed by atoms with Gasteiger partial charge in [0.05, 0.1) is 23.6 Å². The Balaban J connectivity index is 1.67. The molecule has 4 N–H and O–H groups in total. The van der Waals surface area contributed by atoms with Gasteiger partial charge in [0.1, 0.15) is 5.70 Å². The number of carbonyl (C=O) groups is 3. The van der Waals surface area contributed by atoms with Crippen LogP contribution in [0.4, 0.5) is 4.39 Å². The number of aliphatic hydroxyl groups excluding tert-OH is 1. The molecule has 0 spiro atoms. The first-order valence-corrected chi connectivity index (χ1v) is 10.9. The molecule has 1 saturated heterocycles. The highest BCUT2D eigenvalue weighted by Gasteiger charge is 2.59. The molecule has 1 aromatic rings. The summed E-state index contributed by atoms with van der Waals surface area (Å²) in [6.45, 7) is 6.53. The van der Waals surface area contributed by atoms with Gasteiger partial charge < -0.3 is 25.3 Å². The predicted molar refractivity (Wildman–Crippen MR) is 115 cm³/mol. The first kappa shape index (κ1) is 24.7. The van der Waals surface area contributed by atoms with Crippen molar-refractivity contribution in [2.45, 2.75) is 45.8 Å². The number of aliphatic carboxylic acids is 1. The number of aromatic hydroxyl groups is 2. The lowest BCUT2D eigenvalue weighted by atomic mass is 9.77. The number of amides is 1. The molecule has 4 atom stereocenters. The predicted octanol–water partition coefficient (Wildman–Crippen LogP) is 1.72. The van der Waals surface area contributed by atoms with Crippen molar-refractivity contribution in [1.82, 2.24) is 9.80 Å². The summed E-state index contributed by atoms with van der Waals surface area (Å²) in [5.41, 5.74) is 0.262. The summed E-state index contributed by atoms with van der Waals surface area (Å²) in [6.07, 6.45) is -0.515. The first-order chi connectivity index (χ1) is 15.5. The van der Waals surface area contributed by atoms with E-state index in [0.717, 1.165) is 12.1 Å². The van der Waals surface area contributed by atoms with Crippen LogP contribution in [0.15, 0.2) is 23.4 Å². The van der Waals surface area contributed by atoms with Crippen LogP contribution in [0.5, 0.6) is 11.5 Å². The van der Waals surface area contributed by atoms with Crippen LogP contribution in [-0.4, -0.2) is 79.7 Å². The number of carbonyl (C=O) groups excluding carboxylic acids is 2. The van der Waals surface area contributed by atoms with Crippen molar-refractivity contribution in [3.05, 3.63) is 34.8 Å². The van der Waals surface area contributed by atoms with E-state index in [-0.39, 0.29) is 42.1 Å². The number of nitrogens with zero attached hydrogens (tertiary/aromatic N) is 2. The van der Waals surface area contributed by atoms with Crippen molar-refractivity contribution in [3.63, 3.8) is 0 Å². The fourth-order valence-corrected chi connectivity index (χ4v) is 4.81. The van der Waals surface area contributed by atoms with E-state index >= 15 is 0 Å². The number of aliphatic hydroxyl groups is 1. The van der Waals surface area contributed by atoms with Crippen molar-refractivity contribution in [1.29, 1.82) is 0 Å². The van der Waals surface area contributed by atoms with Crippen LogP contribution in [0.25, 0.3) is 0 Å². The van der Waals surface area contributed by atoms with Crippen LogP contribution in [0.1, 0.15) is 44.0 Å². The lowest BCUT2D eigenvalue weighted by Gasteiger charge is -2.46. The minimum Gasteiger partial charge on any atom is -0.504 e. The number of ketones is 1. The first-order valence-electron chi connectivity index (χ1n) is 10.9. The third-order valence-electron chi connectivity index (χ3n) is 6.63. The molecule has 9 nitrogen and oxygen atoms in total. The molecule has 0 aromatic heterocycles. The quantitative estimate of drug-likeness (QED) is 0.233. The lowest BCUT2D eigenvalue weighted by Crippen LogP contribution is -2.63. The van der Waals surface area contributed by atoms with Gasteiger partial charge in [0, 0.05) is 18.9 Å². The summed E-state index contributed by atoms with van der Waals surface area (Å²) in [4.78, 5) is 40.0.